The van der Waals surface area contributed by atoms with E-state index in [1.165, 1.54) is 25.7 Å². The fraction of sp³-hybridized carbons (Fsp3) is 0.786. The molecule has 20 heavy (non-hydrogen) atoms. The molecule has 2 atom stereocenters. The van der Waals surface area contributed by atoms with Gasteiger partial charge in [-0.25, -0.2) is 8.42 Å². The van der Waals surface area contributed by atoms with Gasteiger partial charge in [0.15, 0.2) is 9.84 Å². The molecule has 2 aliphatic rings. The highest BCUT2D eigenvalue weighted by atomic mass is 32.2. The molecule has 1 saturated carbocycles. The van der Waals surface area contributed by atoms with Crippen molar-refractivity contribution in [1.82, 2.24) is 9.78 Å². The van der Waals surface area contributed by atoms with Crippen LogP contribution in [-0.2, 0) is 16.3 Å². The highest BCUT2D eigenvalue weighted by molar-refractivity contribution is 7.91. The van der Waals surface area contributed by atoms with Crippen molar-refractivity contribution in [2.75, 3.05) is 11.5 Å². The second-order valence-corrected chi connectivity index (χ2v) is 8.49. The Kier molecular flexibility index (Phi) is 3.86. The topological polar surface area (TPSA) is 78.0 Å². The second-order valence-electron chi connectivity index (χ2n) is 6.26. The van der Waals surface area contributed by atoms with Crippen LogP contribution in [0.4, 0.5) is 0 Å². The van der Waals surface area contributed by atoms with Crippen molar-refractivity contribution in [3.8, 4) is 0 Å². The summed E-state index contributed by atoms with van der Waals surface area (Å²) in [7, 11) is -2.85. The summed E-state index contributed by atoms with van der Waals surface area (Å²) in [5, 5.41) is 4.63. The molecule has 0 radical (unpaired) electrons. The van der Waals surface area contributed by atoms with E-state index in [1.807, 2.05) is 12.3 Å². The average molecular weight is 297 g/mol. The number of hydrogen-bond donors (Lipinski definition) is 1. The van der Waals surface area contributed by atoms with Crippen LogP contribution < -0.4 is 5.73 Å². The SMILES string of the molecule is NC(Cc1ccn(C2CCCC2)n1)C1CCS(=O)(=O)C1. The fourth-order valence-electron chi connectivity index (χ4n) is 3.43. The molecule has 0 aromatic carbocycles. The van der Waals surface area contributed by atoms with E-state index in [0.29, 0.717) is 24.6 Å². The molecule has 1 aromatic heterocycles. The zero-order valence-electron chi connectivity index (χ0n) is 11.7. The normalized spacial score (nSPS) is 27.9. The van der Waals surface area contributed by atoms with Crippen molar-refractivity contribution >= 4 is 9.84 Å². The van der Waals surface area contributed by atoms with E-state index >= 15 is 0 Å². The van der Waals surface area contributed by atoms with Gasteiger partial charge in [-0.1, -0.05) is 12.8 Å². The van der Waals surface area contributed by atoms with E-state index in [-0.39, 0.29) is 17.7 Å². The highest BCUT2D eigenvalue weighted by Crippen LogP contribution is 2.29. The van der Waals surface area contributed by atoms with Crippen LogP contribution in [0.2, 0.25) is 0 Å². The van der Waals surface area contributed by atoms with E-state index in [4.69, 9.17) is 5.73 Å². The third kappa shape index (κ3) is 3.06. The van der Waals surface area contributed by atoms with Crippen molar-refractivity contribution in [1.29, 1.82) is 0 Å². The Labute approximate surface area is 120 Å². The van der Waals surface area contributed by atoms with Gasteiger partial charge in [-0.3, -0.25) is 4.68 Å². The van der Waals surface area contributed by atoms with E-state index in [0.717, 1.165) is 5.69 Å². The van der Waals surface area contributed by atoms with E-state index in [1.54, 1.807) is 0 Å². The number of nitrogens with two attached hydrogens (primary N) is 1. The fourth-order valence-corrected chi connectivity index (χ4v) is 5.32. The van der Waals surface area contributed by atoms with E-state index in [9.17, 15) is 8.42 Å². The monoisotopic (exact) mass is 297 g/mol. The Balaban J connectivity index is 1.60. The molecular formula is C14H23N3O2S. The standard InChI is InChI=1S/C14H23N3O2S/c15-14(11-6-8-20(18,19)10-11)9-12-5-7-17(16-12)13-3-1-2-4-13/h5,7,11,13-14H,1-4,6,8-10,15H2. The molecule has 112 valence electrons. The molecule has 0 bridgehead atoms. The van der Waals surface area contributed by atoms with Gasteiger partial charge in [-0.15, -0.1) is 0 Å². The van der Waals surface area contributed by atoms with Crippen LogP contribution in [0.25, 0.3) is 0 Å². The molecule has 1 aliphatic carbocycles. The summed E-state index contributed by atoms with van der Waals surface area (Å²) in [5.74, 6) is 0.635. The Morgan fingerprint density at radius 2 is 2.10 bits per heavy atom. The molecule has 6 heteroatoms. The van der Waals surface area contributed by atoms with Gasteiger partial charge in [-0.2, -0.15) is 5.10 Å². The highest BCUT2D eigenvalue weighted by Gasteiger charge is 2.32. The molecule has 2 N–H and O–H groups in total. The van der Waals surface area contributed by atoms with Gasteiger partial charge in [0.1, 0.15) is 0 Å². The summed E-state index contributed by atoms with van der Waals surface area (Å²) in [4.78, 5) is 0. The third-order valence-electron chi connectivity index (χ3n) is 4.68. The summed E-state index contributed by atoms with van der Waals surface area (Å²) in [6, 6.07) is 2.48. The van der Waals surface area contributed by atoms with Crippen LogP contribution in [0.5, 0.6) is 0 Å². The minimum atomic E-state index is -2.85. The molecule has 0 spiro atoms. The number of sulfone groups is 1. The Morgan fingerprint density at radius 3 is 2.75 bits per heavy atom. The zero-order valence-corrected chi connectivity index (χ0v) is 12.6. The second kappa shape index (κ2) is 5.48. The molecule has 2 heterocycles. The third-order valence-corrected chi connectivity index (χ3v) is 6.47. The molecule has 2 fully saturated rings. The molecular weight excluding hydrogens is 274 g/mol. The number of nitrogens with zero attached hydrogens (tertiary/aromatic N) is 2. The van der Waals surface area contributed by atoms with Crippen molar-refractivity contribution in [3.05, 3.63) is 18.0 Å². The molecule has 0 amide bonds. The average Bonchev–Trinajstić information content (AvgIpc) is 3.07. The quantitative estimate of drug-likeness (QED) is 0.908. The smallest absolute Gasteiger partial charge is 0.150 e. The number of aromatic nitrogens is 2. The van der Waals surface area contributed by atoms with Crippen molar-refractivity contribution in [3.63, 3.8) is 0 Å². The summed E-state index contributed by atoms with van der Waals surface area (Å²) in [5.41, 5.74) is 7.18. The van der Waals surface area contributed by atoms with Crippen LogP contribution >= 0.6 is 0 Å². The molecule has 1 aromatic rings. The van der Waals surface area contributed by atoms with Crippen LogP contribution in [0.3, 0.4) is 0 Å². The molecule has 3 rings (SSSR count). The Hall–Kier alpha value is -0.880. The summed E-state index contributed by atoms with van der Waals surface area (Å²) >= 11 is 0. The Bertz CT molecular complexity index is 561. The van der Waals surface area contributed by atoms with Gasteiger partial charge >= 0.3 is 0 Å². The van der Waals surface area contributed by atoms with Crippen molar-refractivity contribution in [2.24, 2.45) is 11.7 Å². The van der Waals surface area contributed by atoms with Crippen molar-refractivity contribution < 1.29 is 8.42 Å². The summed E-state index contributed by atoms with van der Waals surface area (Å²) in [6.07, 6.45) is 8.44. The lowest BCUT2D eigenvalue weighted by atomic mass is 9.96. The van der Waals surface area contributed by atoms with Gasteiger partial charge in [0, 0.05) is 18.7 Å². The maximum Gasteiger partial charge on any atom is 0.150 e. The lowest BCUT2D eigenvalue weighted by Crippen LogP contribution is -2.33. The van der Waals surface area contributed by atoms with Gasteiger partial charge in [0.2, 0.25) is 0 Å². The van der Waals surface area contributed by atoms with Gasteiger partial charge in [0.05, 0.1) is 23.2 Å². The molecule has 1 aliphatic heterocycles. The number of rotatable bonds is 4. The van der Waals surface area contributed by atoms with E-state index in [2.05, 4.69) is 9.78 Å². The Morgan fingerprint density at radius 1 is 1.35 bits per heavy atom. The molecule has 1 saturated heterocycles. The van der Waals surface area contributed by atoms with Gasteiger partial charge in [0.25, 0.3) is 0 Å². The molecule has 5 nitrogen and oxygen atoms in total. The lowest BCUT2D eigenvalue weighted by molar-refractivity contribution is 0.439. The van der Waals surface area contributed by atoms with Crippen LogP contribution in [0, 0.1) is 5.92 Å². The maximum absolute atomic E-state index is 11.5. The predicted octanol–water partition coefficient (Wildman–Crippen LogP) is 1.30. The van der Waals surface area contributed by atoms with Gasteiger partial charge < -0.3 is 5.73 Å². The van der Waals surface area contributed by atoms with Crippen molar-refractivity contribution in [2.45, 2.75) is 50.6 Å². The molecule has 2 unspecified atom stereocenters. The first-order chi connectivity index (χ1) is 9.53. The summed E-state index contributed by atoms with van der Waals surface area (Å²) < 4.78 is 25.1. The largest absolute Gasteiger partial charge is 0.327 e. The summed E-state index contributed by atoms with van der Waals surface area (Å²) in [6.45, 7) is 0. The van der Waals surface area contributed by atoms with Crippen LogP contribution in [-0.4, -0.2) is 35.7 Å². The maximum atomic E-state index is 11.5. The first-order valence-corrected chi connectivity index (χ1v) is 9.36. The first kappa shape index (κ1) is 14.1. The minimum absolute atomic E-state index is 0.0941. The van der Waals surface area contributed by atoms with Crippen LogP contribution in [0.15, 0.2) is 12.3 Å². The predicted molar refractivity (Wildman–Crippen MR) is 78.2 cm³/mol. The van der Waals surface area contributed by atoms with E-state index < -0.39 is 9.84 Å². The lowest BCUT2D eigenvalue weighted by Gasteiger charge is -2.16. The van der Waals surface area contributed by atoms with Crippen LogP contribution in [0.1, 0.15) is 43.8 Å². The minimum Gasteiger partial charge on any atom is -0.327 e. The number of hydrogen-bond acceptors (Lipinski definition) is 4. The van der Waals surface area contributed by atoms with Gasteiger partial charge in [-0.05, 0) is 31.2 Å². The first-order valence-electron chi connectivity index (χ1n) is 7.53. The zero-order chi connectivity index (χ0) is 14.2.